The van der Waals surface area contributed by atoms with Crippen molar-refractivity contribution in [3.63, 3.8) is 0 Å². The van der Waals surface area contributed by atoms with Crippen molar-refractivity contribution in [3.05, 3.63) is 36.0 Å². The normalized spacial score (nSPS) is 14.4. The standard InChI is InChI=1S/C13H17N5O2/c14-6-10-7-17(16-15-10)9-13(19)18(11-3-4-11)8-12-2-1-5-20-12/h1-2,5,7,11H,3-4,6,8-9,14H2. The van der Waals surface area contributed by atoms with E-state index in [0.29, 0.717) is 24.8 Å². The number of hydrogen-bond acceptors (Lipinski definition) is 5. The number of carbonyl (C=O) groups is 1. The van der Waals surface area contributed by atoms with Gasteiger partial charge in [-0.05, 0) is 25.0 Å². The smallest absolute Gasteiger partial charge is 0.245 e. The molecule has 2 aromatic rings. The zero-order chi connectivity index (χ0) is 13.9. The molecule has 1 amide bonds. The van der Waals surface area contributed by atoms with Crippen LogP contribution in [0.4, 0.5) is 0 Å². The predicted octanol–water partition coefficient (Wildman–Crippen LogP) is 0.521. The lowest BCUT2D eigenvalue weighted by atomic mass is 10.3. The van der Waals surface area contributed by atoms with E-state index in [1.165, 1.54) is 4.68 Å². The molecule has 0 radical (unpaired) electrons. The van der Waals surface area contributed by atoms with Crippen molar-refractivity contribution in [1.82, 2.24) is 19.9 Å². The molecule has 0 aliphatic heterocycles. The molecule has 106 valence electrons. The van der Waals surface area contributed by atoms with Gasteiger partial charge in [0, 0.05) is 12.6 Å². The molecule has 0 aromatic carbocycles. The molecule has 3 rings (SSSR count). The van der Waals surface area contributed by atoms with Crippen LogP contribution in [0.15, 0.2) is 29.0 Å². The minimum absolute atomic E-state index is 0.0253. The van der Waals surface area contributed by atoms with E-state index in [0.717, 1.165) is 18.6 Å². The van der Waals surface area contributed by atoms with Gasteiger partial charge in [-0.1, -0.05) is 5.21 Å². The molecule has 1 aliphatic rings. The van der Waals surface area contributed by atoms with Gasteiger partial charge in [0.25, 0.3) is 0 Å². The van der Waals surface area contributed by atoms with Crippen LogP contribution in [0, 0.1) is 0 Å². The average molecular weight is 275 g/mol. The van der Waals surface area contributed by atoms with Crippen molar-refractivity contribution >= 4 is 5.91 Å². The van der Waals surface area contributed by atoms with Crippen LogP contribution in [0.5, 0.6) is 0 Å². The number of nitrogens with two attached hydrogens (primary N) is 1. The lowest BCUT2D eigenvalue weighted by molar-refractivity contribution is -0.133. The molecule has 1 saturated carbocycles. The highest BCUT2D eigenvalue weighted by Gasteiger charge is 2.33. The van der Waals surface area contributed by atoms with E-state index >= 15 is 0 Å². The largest absolute Gasteiger partial charge is 0.467 e. The monoisotopic (exact) mass is 275 g/mol. The molecule has 0 saturated heterocycles. The fourth-order valence-corrected chi connectivity index (χ4v) is 2.12. The van der Waals surface area contributed by atoms with Crippen molar-refractivity contribution < 1.29 is 9.21 Å². The van der Waals surface area contributed by atoms with E-state index in [4.69, 9.17) is 10.2 Å². The Morgan fingerprint density at radius 2 is 2.40 bits per heavy atom. The number of nitrogens with zero attached hydrogens (tertiary/aromatic N) is 4. The third-order valence-corrected chi connectivity index (χ3v) is 3.31. The first-order valence-electron chi connectivity index (χ1n) is 6.67. The number of rotatable bonds is 6. The highest BCUT2D eigenvalue weighted by Crippen LogP contribution is 2.28. The molecule has 0 atom stereocenters. The van der Waals surface area contributed by atoms with E-state index in [1.54, 1.807) is 12.5 Å². The van der Waals surface area contributed by atoms with Crippen LogP contribution >= 0.6 is 0 Å². The maximum absolute atomic E-state index is 12.4. The van der Waals surface area contributed by atoms with Crippen LogP contribution in [0.2, 0.25) is 0 Å². The Bertz CT molecular complexity index is 573. The van der Waals surface area contributed by atoms with Gasteiger partial charge in [0.15, 0.2) is 0 Å². The highest BCUT2D eigenvalue weighted by atomic mass is 16.3. The van der Waals surface area contributed by atoms with Gasteiger partial charge in [-0.25, -0.2) is 4.68 Å². The molecule has 0 bridgehead atoms. The second-order valence-electron chi connectivity index (χ2n) is 4.94. The average Bonchev–Trinajstić information content (AvgIpc) is 2.98. The Labute approximate surface area is 116 Å². The van der Waals surface area contributed by atoms with E-state index < -0.39 is 0 Å². The second-order valence-corrected chi connectivity index (χ2v) is 4.94. The summed E-state index contributed by atoms with van der Waals surface area (Å²) in [7, 11) is 0. The molecule has 0 unspecified atom stereocenters. The third kappa shape index (κ3) is 2.88. The summed E-state index contributed by atoms with van der Waals surface area (Å²) in [5.74, 6) is 0.823. The molecule has 20 heavy (non-hydrogen) atoms. The van der Waals surface area contributed by atoms with Crippen molar-refractivity contribution in [3.8, 4) is 0 Å². The van der Waals surface area contributed by atoms with Gasteiger partial charge >= 0.3 is 0 Å². The number of amides is 1. The summed E-state index contributed by atoms with van der Waals surface area (Å²) < 4.78 is 6.85. The summed E-state index contributed by atoms with van der Waals surface area (Å²) in [4.78, 5) is 14.2. The first-order valence-corrected chi connectivity index (χ1v) is 6.67. The second kappa shape index (κ2) is 5.46. The molecule has 2 N–H and O–H groups in total. The molecular formula is C13H17N5O2. The van der Waals surface area contributed by atoms with Gasteiger partial charge in [-0.15, -0.1) is 5.10 Å². The summed E-state index contributed by atoms with van der Waals surface area (Å²) in [6.45, 7) is 1.02. The maximum atomic E-state index is 12.4. The Morgan fingerprint density at radius 1 is 1.55 bits per heavy atom. The lowest BCUT2D eigenvalue weighted by Gasteiger charge is -2.21. The molecule has 1 aliphatic carbocycles. The van der Waals surface area contributed by atoms with Gasteiger partial charge in [-0.3, -0.25) is 4.79 Å². The topological polar surface area (TPSA) is 90.2 Å². The van der Waals surface area contributed by atoms with E-state index in [2.05, 4.69) is 10.3 Å². The summed E-state index contributed by atoms with van der Waals surface area (Å²) in [6.07, 6.45) is 5.43. The highest BCUT2D eigenvalue weighted by molar-refractivity contribution is 5.76. The number of furan rings is 1. The van der Waals surface area contributed by atoms with Crippen LogP contribution < -0.4 is 5.73 Å². The fraction of sp³-hybridized carbons (Fsp3) is 0.462. The van der Waals surface area contributed by atoms with E-state index in [-0.39, 0.29) is 12.5 Å². The minimum Gasteiger partial charge on any atom is -0.467 e. The van der Waals surface area contributed by atoms with E-state index in [9.17, 15) is 4.79 Å². The minimum atomic E-state index is 0.0253. The Kier molecular flexibility index (Phi) is 3.51. The van der Waals surface area contributed by atoms with E-state index in [1.807, 2.05) is 17.0 Å². The summed E-state index contributed by atoms with van der Waals surface area (Å²) >= 11 is 0. The van der Waals surface area contributed by atoms with Gasteiger partial charge < -0.3 is 15.1 Å². The molecule has 0 spiro atoms. The number of carbonyl (C=O) groups excluding carboxylic acids is 1. The first-order chi connectivity index (χ1) is 9.76. The fourth-order valence-electron chi connectivity index (χ4n) is 2.12. The zero-order valence-electron chi connectivity index (χ0n) is 11.1. The SMILES string of the molecule is NCc1cn(CC(=O)N(Cc2ccco2)C2CC2)nn1. The van der Waals surface area contributed by atoms with Crippen molar-refractivity contribution in [2.75, 3.05) is 0 Å². The number of hydrogen-bond donors (Lipinski definition) is 1. The molecular weight excluding hydrogens is 258 g/mol. The van der Waals surface area contributed by atoms with Gasteiger partial charge in [-0.2, -0.15) is 0 Å². The molecule has 7 heteroatoms. The predicted molar refractivity (Wildman–Crippen MR) is 70.2 cm³/mol. The van der Waals surface area contributed by atoms with Crippen LogP contribution in [0.25, 0.3) is 0 Å². The summed E-state index contributed by atoms with van der Waals surface area (Å²) in [6, 6.07) is 4.03. The van der Waals surface area contributed by atoms with Crippen molar-refractivity contribution in [2.45, 2.75) is 38.5 Å². The van der Waals surface area contributed by atoms with Crippen LogP contribution in [-0.2, 0) is 24.4 Å². The summed E-state index contributed by atoms with van der Waals surface area (Å²) in [5.41, 5.74) is 6.16. The Morgan fingerprint density at radius 3 is 3.00 bits per heavy atom. The van der Waals surface area contributed by atoms with Crippen LogP contribution in [0.1, 0.15) is 24.3 Å². The molecule has 7 nitrogen and oxygen atoms in total. The molecule has 2 aromatic heterocycles. The van der Waals surface area contributed by atoms with Crippen molar-refractivity contribution in [2.24, 2.45) is 5.73 Å². The first kappa shape index (κ1) is 12.9. The third-order valence-electron chi connectivity index (χ3n) is 3.31. The Balaban J connectivity index is 1.66. The quantitative estimate of drug-likeness (QED) is 0.830. The number of aromatic nitrogens is 3. The maximum Gasteiger partial charge on any atom is 0.245 e. The van der Waals surface area contributed by atoms with Crippen molar-refractivity contribution in [1.29, 1.82) is 0 Å². The van der Waals surface area contributed by atoms with Crippen LogP contribution in [0.3, 0.4) is 0 Å². The summed E-state index contributed by atoms with van der Waals surface area (Å²) in [5, 5.41) is 7.78. The Hall–Kier alpha value is -2.15. The molecule has 1 fully saturated rings. The van der Waals surface area contributed by atoms with Gasteiger partial charge in [0.1, 0.15) is 12.3 Å². The zero-order valence-corrected chi connectivity index (χ0v) is 11.1. The van der Waals surface area contributed by atoms with Crippen LogP contribution in [-0.4, -0.2) is 31.8 Å². The molecule has 2 heterocycles. The lowest BCUT2D eigenvalue weighted by Crippen LogP contribution is -2.35. The van der Waals surface area contributed by atoms with Gasteiger partial charge in [0.2, 0.25) is 5.91 Å². The van der Waals surface area contributed by atoms with Gasteiger partial charge in [0.05, 0.1) is 24.7 Å².